The summed E-state index contributed by atoms with van der Waals surface area (Å²) in [4.78, 5) is 3.79. The number of rotatable bonds is 1. The van der Waals surface area contributed by atoms with Crippen molar-refractivity contribution in [1.29, 1.82) is 0 Å². The van der Waals surface area contributed by atoms with E-state index in [0.717, 1.165) is 0 Å². The highest BCUT2D eigenvalue weighted by molar-refractivity contribution is 5.16. The Morgan fingerprint density at radius 3 is 2.25 bits per heavy atom. The Balaban J connectivity index is 0.000000561. The van der Waals surface area contributed by atoms with Crippen LogP contribution in [-0.2, 0) is 0 Å². The number of hydrogen-bond donors (Lipinski definition) is 0. The maximum absolute atomic E-state index is 11.9. The molecule has 0 aliphatic rings. The van der Waals surface area contributed by atoms with Crippen molar-refractivity contribution >= 4 is 0 Å². The van der Waals surface area contributed by atoms with E-state index in [1.807, 2.05) is 13.8 Å². The van der Waals surface area contributed by atoms with Crippen LogP contribution >= 0.6 is 0 Å². The van der Waals surface area contributed by atoms with Gasteiger partial charge in [-0.25, -0.2) is 8.78 Å². The zero-order valence-electron chi connectivity index (χ0n) is 7.51. The predicted molar refractivity (Wildman–Crippen MR) is 45.3 cm³/mol. The normalized spacial score (nSPS) is 9.17. The van der Waals surface area contributed by atoms with Crippen LogP contribution in [0.15, 0.2) is 18.3 Å². The summed E-state index contributed by atoms with van der Waals surface area (Å²) >= 11 is 0. The second-order valence-electron chi connectivity index (χ2n) is 2.03. The second kappa shape index (κ2) is 5.63. The van der Waals surface area contributed by atoms with Crippen LogP contribution in [0.5, 0.6) is 0 Å². The fourth-order valence-corrected chi connectivity index (χ4v) is 0.703. The van der Waals surface area contributed by atoms with Gasteiger partial charge >= 0.3 is 0 Å². The molecule has 0 aromatic carbocycles. The van der Waals surface area contributed by atoms with Crippen LogP contribution < -0.4 is 0 Å². The van der Waals surface area contributed by atoms with Crippen molar-refractivity contribution < 1.29 is 8.78 Å². The fraction of sp³-hybridized carbons (Fsp3) is 0.444. The molecule has 3 heteroatoms. The van der Waals surface area contributed by atoms with Gasteiger partial charge in [0.2, 0.25) is 0 Å². The molecular weight excluding hydrogens is 160 g/mol. The van der Waals surface area contributed by atoms with Gasteiger partial charge in [0.25, 0.3) is 6.43 Å². The van der Waals surface area contributed by atoms with Gasteiger partial charge in [0.15, 0.2) is 0 Å². The molecule has 0 spiro atoms. The van der Waals surface area contributed by atoms with Gasteiger partial charge < -0.3 is 0 Å². The van der Waals surface area contributed by atoms with E-state index in [-0.39, 0.29) is 5.56 Å². The molecule has 0 unspecified atom stereocenters. The Kier molecular flexibility index (Phi) is 5.17. The maximum Gasteiger partial charge on any atom is 0.263 e. The molecule has 1 aromatic rings. The van der Waals surface area contributed by atoms with E-state index in [4.69, 9.17) is 0 Å². The van der Waals surface area contributed by atoms with E-state index in [9.17, 15) is 8.78 Å². The van der Waals surface area contributed by atoms with Crippen LogP contribution in [0.3, 0.4) is 0 Å². The monoisotopic (exact) mass is 173 g/mol. The molecule has 1 rings (SSSR count). The molecular formula is C9H13F2N. The van der Waals surface area contributed by atoms with Crippen molar-refractivity contribution in [2.45, 2.75) is 27.2 Å². The number of nitrogens with zero attached hydrogens (tertiary/aromatic N) is 1. The van der Waals surface area contributed by atoms with Gasteiger partial charge in [-0.2, -0.15) is 0 Å². The van der Waals surface area contributed by atoms with Gasteiger partial charge in [-0.3, -0.25) is 4.98 Å². The molecule has 0 aliphatic heterocycles. The molecule has 1 heterocycles. The van der Waals surface area contributed by atoms with Crippen LogP contribution in [0.2, 0.25) is 0 Å². The maximum atomic E-state index is 11.9. The third-order valence-corrected chi connectivity index (χ3v) is 1.17. The first-order valence-electron chi connectivity index (χ1n) is 3.91. The minimum absolute atomic E-state index is 0.0347. The first kappa shape index (κ1) is 11.0. The quantitative estimate of drug-likeness (QED) is 0.634. The SMILES string of the molecule is CC.Cc1cc(C(F)F)ccn1. The molecule has 0 N–H and O–H groups in total. The lowest BCUT2D eigenvalue weighted by Crippen LogP contribution is -1.86. The number of alkyl halides is 2. The molecule has 0 saturated carbocycles. The van der Waals surface area contributed by atoms with Crippen molar-refractivity contribution in [3.8, 4) is 0 Å². The number of aryl methyl sites for hydroxylation is 1. The van der Waals surface area contributed by atoms with Crippen molar-refractivity contribution in [2.24, 2.45) is 0 Å². The van der Waals surface area contributed by atoms with Gasteiger partial charge in [-0.05, 0) is 19.1 Å². The first-order valence-corrected chi connectivity index (χ1v) is 3.91. The summed E-state index contributed by atoms with van der Waals surface area (Å²) in [6.45, 7) is 5.69. The fourth-order valence-electron chi connectivity index (χ4n) is 0.703. The highest BCUT2D eigenvalue weighted by atomic mass is 19.3. The van der Waals surface area contributed by atoms with Gasteiger partial charge in [-0.15, -0.1) is 0 Å². The number of pyridine rings is 1. The van der Waals surface area contributed by atoms with E-state index in [0.29, 0.717) is 5.69 Å². The van der Waals surface area contributed by atoms with E-state index in [2.05, 4.69) is 4.98 Å². The number of aromatic nitrogens is 1. The van der Waals surface area contributed by atoms with Crippen LogP contribution in [0.25, 0.3) is 0 Å². The molecule has 0 atom stereocenters. The summed E-state index contributed by atoms with van der Waals surface area (Å²) in [6, 6.07) is 2.70. The topological polar surface area (TPSA) is 12.9 Å². The Hall–Kier alpha value is -0.990. The zero-order valence-corrected chi connectivity index (χ0v) is 7.51. The summed E-state index contributed by atoms with van der Waals surface area (Å²) in [6.07, 6.45) is -1.00. The predicted octanol–water partition coefficient (Wildman–Crippen LogP) is 3.35. The molecule has 1 nitrogen and oxygen atoms in total. The molecule has 1 aromatic heterocycles. The Morgan fingerprint density at radius 1 is 1.33 bits per heavy atom. The molecule has 68 valence electrons. The molecule has 0 aliphatic carbocycles. The van der Waals surface area contributed by atoms with E-state index >= 15 is 0 Å². The van der Waals surface area contributed by atoms with E-state index in [1.165, 1.54) is 18.3 Å². The summed E-state index contributed by atoms with van der Waals surface area (Å²) < 4.78 is 23.8. The Morgan fingerprint density at radius 2 is 1.92 bits per heavy atom. The molecule has 0 radical (unpaired) electrons. The highest BCUT2D eigenvalue weighted by Gasteiger charge is 2.05. The largest absolute Gasteiger partial charge is 0.263 e. The lowest BCUT2D eigenvalue weighted by molar-refractivity contribution is 0.151. The number of halogens is 2. The van der Waals surface area contributed by atoms with Gasteiger partial charge in [0.1, 0.15) is 0 Å². The van der Waals surface area contributed by atoms with Crippen molar-refractivity contribution in [2.75, 3.05) is 0 Å². The van der Waals surface area contributed by atoms with Crippen molar-refractivity contribution in [3.05, 3.63) is 29.6 Å². The van der Waals surface area contributed by atoms with Crippen molar-refractivity contribution in [3.63, 3.8) is 0 Å². The van der Waals surface area contributed by atoms with Crippen molar-refractivity contribution in [1.82, 2.24) is 4.98 Å². The van der Waals surface area contributed by atoms with E-state index in [1.54, 1.807) is 6.92 Å². The van der Waals surface area contributed by atoms with Crippen LogP contribution in [0.4, 0.5) is 8.78 Å². The summed E-state index contributed by atoms with van der Waals surface area (Å²) in [5.41, 5.74) is 0.658. The Labute approximate surface area is 71.4 Å². The lowest BCUT2D eigenvalue weighted by Gasteiger charge is -1.97. The average molecular weight is 173 g/mol. The first-order chi connectivity index (χ1) is 5.70. The molecule has 0 amide bonds. The molecule has 0 saturated heterocycles. The van der Waals surface area contributed by atoms with E-state index < -0.39 is 6.43 Å². The molecule has 12 heavy (non-hydrogen) atoms. The highest BCUT2D eigenvalue weighted by Crippen LogP contribution is 2.17. The van der Waals surface area contributed by atoms with Crippen LogP contribution in [-0.4, -0.2) is 4.98 Å². The zero-order chi connectivity index (χ0) is 9.56. The third kappa shape index (κ3) is 3.42. The minimum atomic E-state index is -2.39. The number of hydrogen-bond acceptors (Lipinski definition) is 1. The molecule has 0 fully saturated rings. The molecule has 0 bridgehead atoms. The van der Waals surface area contributed by atoms with Gasteiger partial charge in [0, 0.05) is 17.5 Å². The summed E-state index contributed by atoms with van der Waals surface area (Å²) in [7, 11) is 0. The smallest absolute Gasteiger partial charge is 0.262 e. The van der Waals surface area contributed by atoms with Crippen LogP contribution in [0, 0.1) is 6.92 Å². The second-order valence-corrected chi connectivity index (χ2v) is 2.03. The van der Waals surface area contributed by atoms with Gasteiger partial charge in [-0.1, -0.05) is 13.8 Å². The third-order valence-electron chi connectivity index (χ3n) is 1.17. The standard InChI is InChI=1S/C7H7F2N.C2H6/c1-5-4-6(7(8)9)2-3-10-5;1-2/h2-4,7H,1H3;1-2H3. The minimum Gasteiger partial charge on any atom is -0.262 e. The summed E-state index contributed by atoms with van der Waals surface area (Å²) in [5.74, 6) is 0. The Bertz CT molecular complexity index is 224. The summed E-state index contributed by atoms with van der Waals surface area (Å²) in [5, 5.41) is 0. The van der Waals surface area contributed by atoms with Crippen LogP contribution in [0.1, 0.15) is 31.5 Å². The van der Waals surface area contributed by atoms with Gasteiger partial charge in [0.05, 0.1) is 0 Å². The lowest BCUT2D eigenvalue weighted by atomic mass is 10.2. The average Bonchev–Trinajstić information content (AvgIpc) is 2.08.